The SMILES string of the molecule is C=CCCC(=O)N(C)[C@H](C)[C@H](OC(=O)[C@@H]1[C@@H]2CC[C@]3(O2)[C@H](C(=O)N(CC=C)C(C)(C)C)N([C@@H](CO)CC(C)C)C(=O)[C@@H]13)c1ccccc1. The van der Waals surface area contributed by atoms with E-state index in [1.54, 1.807) is 29.0 Å². The van der Waals surface area contributed by atoms with Crippen LogP contribution in [0.5, 0.6) is 0 Å². The molecule has 3 saturated heterocycles. The molecule has 1 aromatic carbocycles. The Balaban J connectivity index is 1.74. The summed E-state index contributed by atoms with van der Waals surface area (Å²) in [6.45, 7) is 19.1. The van der Waals surface area contributed by atoms with E-state index in [-0.39, 0.29) is 43.2 Å². The van der Waals surface area contributed by atoms with Crippen LogP contribution in [0, 0.1) is 17.8 Å². The zero-order chi connectivity index (χ0) is 35.6. The van der Waals surface area contributed by atoms with Crippen molar-refractivity contribution in [2.75, 3.05) is 20.2 Å². The molecule has 0 aromatic heterocycles. The van der Waals surface area contributed by atoms with Gasteiger partial charge in [-0.15, -0.1) is 13.2 Å². The maximum absolute atomic E-state index is 14.7. The quantitative estimate of drug-likeness (QED) is 0.214. The fraction of sp³-hybridized carbons (Fsp3) is 0.632. The maximum atomic E-state index is 14.7. The number of likely N-dealkylation sites (N-methyl/N-ethyl adjacent to an activating group) is 1. The van der Waals surface area contributed by atoms with Gasteiger partial charge >= 0.3 is 5.97 Å². The number of benzene rings is 1. The van der Waals surface area contributed by atoms with Gasteiger partial charge in [0.15, 0.2) is 0 Å². The number of ether oxygens (including phenoxy) is 2. The highest BCUT2D eigenvalue weighted by Gasteiger charge is 2.76. The van der Waals surface area contributed by atoms with Gasteiger partial charge in [-0.05, 0) is 64.9 Å². The number of fused-ring (bicyclic) bond motifs is 1. The second-order valence-corrected chi connectivity index (χ2v) is 15.0. The third kappa shape index (κ3) is 6.97. The normalized spacial score (nSPS) is 26.5. The molecule has 8 atom stereocenters. The first kappa shape index (κ1) is 37.3. The van der Waals surface area contributed by atoms with Crippen molar-refractivity contribution in [1.82, 2.24) is 14.7 Å². The van der Waals surface area contributed by atoms with Crippen molar-refractivity contribution in [1.29, 1.82) is 0 Å². The van der Waals surface area contributed by atoms with Crippen molar-refractivity contribution >= 4 is 23.7 Å². The molecule has 3 aliphatic heterocycles. The standard InChI is InChI=1S/C38H55N3O7/c1-10-12-18-29(43)39(9)25(5)32(26-16-14-13-15-17-26)47-36(46)30-28-19-20-38(48-28)31(30)34(44)41(27(23-42)22-24(3)4)33(38)35(45)40(21-11-2)37(6,7)8/h10-11,13-17,24-25,27-28,30-33,42H,1-2,12,18-23H2,3-9H3/t25-,27-,28+,30-,31-,32+,33+,38-/m1/s1. The summed E-state index contributed by atoms with van der Waals surface area (Å²) in [7, 11) is 1.69. The number of carbonyl (C=O) groups is 4. The van der Waals surface area contributed by atoms with Gasteiger partial charge in [0.1, 0.15) is 17.7 Å². The molecular weight excluding hydrogens is 610 g/mol. The van der Waals surface area contributed by atoms with Crippen molar-refractivity contribution in [2.24, 2.45) is 17.8 Å². The Labute approximate surface area is 286 Å². The smallest absolute Gasteiger partial charge is 0.313 e. The van der Waals surface area contributed by atoms with Gasteiger partial charge in [-0.25, -0.2) is 0 Å². The average molecular weight is 666 g/mol. The number of carbonyl (C=O) groups excluding carboxylic acids is 4. The van der Waals surface area contributed by atoms with E-state index in [1.807, 2.05) is 71.9 Å². The van der Waals surface area contributed by atoms with E-state index in [2.05, 4.69) is 13.2 Å². The number of aliphatic hydroxyl groups excluding tert-OH is 1. The Kier molecular flexibility index (Phi) is 11.6. The molecule has 1 aromatic rings. The molecule has 10 heteroatoms. The molecule has 3 fully saturated rings. The van der Waals surface area contributed by atoms with Crippen LogP contribution in [0.15, 0.2) is 55.6 Å². The predicted octanol–water partition coefficient (Wildman–Crippen LogP) is 4.68. The van der Waals surface area contributed by atoms with E-state index >= 15 is 0 Å². The Morgan fingerprint density at radius 2 is 1.81 bits per heavy atom. The Hall–Kier alpha value is -3.50. The average Bonchev–Trinajstić information content (AvgIpc) is 3.69. The number of amides is 3. The molecule has 1 N–H and O–H groups in total. The van der Waals surface area contributed by atoms with Gasteiger partial charge in [0, 0.05) is 25.6 Å². The lowest BCUT2D eigenvalue weighted by molar-refractivity contribution is -0.165. The van der Waals surface area contributed by atoms with Crippen molar-refractivity contribution in [3.05, 3.63) is 61.2 Å². The zero-order valence-electron chi connectivity index (χ0n) is 29.8. The zero-order valence-corrected chi connectivity index (χ0v) is 29.8. The van der Waals surface area contributed by atoms with Crippen LogP contribution < -0.4 is 0 Å². The summed E-state index contributed by atoms with van der Waals surface area (Å²) in [5, 5.41) is 10.6. The third-order valence-electron chi connectivity index (χ3n) is 10.4. The minimum absolute atomic E-state index is 0.104. The molecule has 4 rings (SSSR count). The monoisotopic (exact) mass is 665 g/mol. The number of hydrogen-bond donors (Lipinski definition) is 1. The number of hydrogen-bond acceptors (Lipinski definition) is 7. The van der Waals surface area contributed by atoms with Crippen LogP contribution in [0.1, 0.15) is 85.3 Å². The molecule has 0 unspecified atom stereocenters. The van der Waals surface area contributed by atoms with E-state index in [0.29, 0.717) is 25.7 Å². The predicted molar refractivity (Wildman–Crippen MR) is 183 cm³/mol. The van der Waals surface area contributed by atoms with Crippen LogP contribution in [-0.4, -0.2) is 99.1 Å². The fourth-order valence-electron chi connectivity index (χ4n) is 7.95. The van der Waals surface area contributed by atoms with Gasteiger partial charge < -0.3 is 29.3 Å². The lowest BCUT2D eigenvalue weighted by Gasteiger charge is -2.43. The summed E-state index contributed by atoms with van der Waals surface area (Å²) in [6.07, 6.45) is 4.12. The molecule has 2 bridgehead atoms. The van der Waals surface area contributed by atoms with E-state index < -0.39 is 59.3 Å². The van der Waals surface area contributed by atoms with Gasteiger partial charge in [-0.2, -0.15) is 0 Å². The molecule has 0 radical (unpaired) electrons. The van der Waals surface area contributed by atoms with Gasteiger partial charge in [-0.1, -0.05) is 56.3 Å². The topological polar surface area (TPSA) is 117 Å². The van der Waals surface area contributed by atoms with Crippen molar-refractivity contribution in [2.45, 2.75) is 115 Å². The highest BCUT2D eigenvalue weighted by Crippen LogP contribution is 2.59. The summed E-state index contributed by atoms with van der Waals surface area (Å²) in [6, 6.07) is 7.09. The second kappa shape index (κ2) is 14.9. The first-order valence-corrected chi connectivity index (χ1v) is 17.3. The molecular formula is C38H55N3O7. The number of aliphatic hydroxyl groups is 1. The molecule has 10 nitrogen and oxygen atoms in total. The first-order valence-electron chi connectivity index (χ1n) is 17.3. The molecule has 3 heterocycles. The van der Waals surface area contributed by atoms with Gasteiger partial charge in [0.05, 0.1) is 36.6 Å². The molecule has 264 valence electrons. The summed E-state index contributed by atoms with van der Waals surface area (Å²) in [5.41, 5.74) is -1.12. The molecule has 1 spiro atoms. The summed E-state index contributed by atoms with van der Waals surface area (Å²) >= 11 is 0. The summed E-state index contributed by atoms with van der Waals surface area (Å²) < 4.78 is 13.0. The molecule has 0 saturated carbocycles. The number of allylic oxidation sites excluding steroid dienone is 1. The lowest BCUT2D eigenvalue weighted by atomic mass is 9.70. The molecule has 3 amide bonds. The van der Waals surface area contributed by atoms with Crippen molar-refractivity contribution in [3.63, 3.8) is 0 Å². The van der Waals surface area contributed by atoms with Crippen LogP contribution in [0.25, 0.3) is 0 Å². The van der Waals surface area contributed by atoms with Crippen LogP contribution in [0.2, 0.25) is 0 Å². The Morgan fingerprint density at radius 3 is 2.38 bits per heavy atom. The minimum Gasteiger partial charge on any atom is -0.455 e. The van der Waals surface area contributed by atoms with E-state index in [0.717, 1.165) is 5.56 Å². The second-order valence-electron chi connectivity index (χ2n) is 15.0. The molecule has 0 aliphatic carbocycles. The third-order valence-corrected chi connectivity index (χ3v) is 10.4. The number of rotatable bonds is 15. The van der Waals surface area contributed by atoms with Crippen LogP contribution in [0.3, 0.4) is 0 Å². The molecule has 48 heavy (non-hydrogen) atoms. The van der Waals surface area contributed by atoms with E-state index in [1.165, 1.54) is 4.90 Å². The number of likely N-dealkylation sites (tertiary alicyclic amines) is 1. The lowest BCUT2D eigenvalue weighted by Crippen LogP contribution is -2.61. The maximum Gasteiger partial charge on any atom is 0.313 e. The van der Waals surface area contributed by atoms with Crippen LogP contribution >= 0.6 is 0 Å². The molecule has 3 aliphatic rings. The fourth-order valence-corrected chi connectivity index (χ4v) is 7.95. The van der Waals surface area contributed by atoms with Crippen LogP contribution in [-0.2, 0) is 28.7 Å². The first-order chi connectivity index (χ1) is 22.6. The van der Waals surface area contributed by atoms with E-state index in [4.69, 9.17) is 9.47 Å². The largest absolute Gasteiger partial charge is 0.455 e. The number of nitrogens with zero attached hydrogens (tertiary/aromatic N) is 3. The van der Waals surface area contributed by atoms with Crippen molar-refractivity contribution < 1.29 is 33.8 Å². The highest BCUT2D eigenvalue weighted by molar-refractivity contribution is 5.98. The van der Waals surface area contributed by atoms with Gasteiger partial charge in [0.2, 0.25) is 17.7 Å². The summed E-state index contributed by atoms with van der Waals surface area (Å²) in [4.78, 5) is 61.6. The van der Waals surface area contributed by atoms with Crippen LogP contribution in [0.4, 0.5) is 0 Å². The Bertz CT molecular complexity index is 1360. The Morgan fingerprint density at radius 1 is 1.15 bits per heavy atom. The van der Waals surface area contributed by atoms with Gasteiger partial charge in [-0.3, -0.25) is 19.2 Å². The van der Waals surface area contributed by atoms with Crippen molar-refractivity contribution in [3.8, 4) is 0 Å². The minimum atomic E-state index is -1.25. The van der Waals surface area contributed by atoms with Gasteiger partial charge in [0.25, 0.3) is 0 Å². The highest BCUT2D eigenvalue weighted by atomic mass is 16.6. The number of esters is 1. The summed E-state index contributed by atoms with van der Waals surface area (Å²) in [5.74, 6) is -3.13. The van der Waals surface area contributed by atoms with E-state index in [9.17, 15) is 24.3 Å².